The summed E-state index contributed by atoms with van der Waals surface area (Å²) >= 11 is 25.5. The zero-order chi connectivity index (χ0) is 17.1. The van der Waals surface area contributed by atoms with Crippen molar-refractivity contribution in [2.75, 3.05) is 5.43 Å². The number of hydrazone groups is 1. The van der Waals surface area contributed by atoms with E-state index in [0.29, 0.717) is 25.2 Å². The average Bonchev–Trinajstić information content (AvgIpc) is 2.98. The third kappa shape index (κ3) is 4.21. The number of hydrogen-bond donors (Lipinski definition) is 1. The number of nitrogens with zero attached hydrogens (tertiary/aromatic N) is 2. The molecule has 3 nitrogen and oxygen atoms in total. The summed E-state index contributed by atoms with van der Waals surface area (Å²) in [7, 11) is 0. The zero-order valence-corrected chi connectivity index (χ0v) is 15.8. The first kappa shape index (κ1) is 17.5. The molecule has 0 atom stereocenters. The Kier molecular flexibility index (Phi) is 5.64. The van der Waals surface area contributed by atoms with E-state index in [4.69, 9.17) is 46.4 Å². The van der Waals surface area contributed by atoms with E-state index in [-0.39, 0.29) is 0 Å². The fraction of sp³-hybridized carbons (Fsp3) is 0. The van der Waals surface area contributed by atoms with Crippen LogP contribution in [0.2, 0.25) is 20.1 Å². The molecule has 122 valence electrons. The summed E-state index contributed by atoms with van der Waals surface area (Å²) in [6, 6.07) is 10.5. The molecule has 0 saturated heterocycles. The van der Waals surface area contributed by atoms with Crippen molar-refractivity contribution in [2.24, 2.45) is 5.10 Å². The van der Waals surface area contributed by atoms with E-state index in [0.717, 1.165) is 16.8 Å². The van der Waals surface area contributed by atoms with Gasteiger partial charge in [0.2, 0.25) is 5.13 Å². The Hall–Kier alpha value is -1.30. The van der Waals surface area contributed by atoms with Crippen LogP contribution >= 0.6 is 57.7 Å². The Balaban J connectivity index is 1.73. The zero-order valence-electron chi connectivity index (χ0n) is 11.9. The van der Waals surface area contributed by atoms with Gasteiger partial charge in [-0.2, -0.15) is 5.10 Å². The van der Waals surface area contributed by atoms with Crippen LogP contribution in [0.3, 0.4) is 0 Å². The smallest absolute Gasteiger partial charge is 0.203 e. The van der Waals surface area contributed by atoms with Gasteiger partial charge >= 0.3 is 0 Å². The highest BCUT2D eigenvalue weighted by atomic mass is 35.5. The van der Waals surface area contributed by atoms with Gasteiger partial charge < -0.3 is 0 Å². The fourth-order valence-electron chi connectivity index (χ4n) is 1.91. The molecular weight excluding hydrogens is 408 g/mol. The van der Waals surface area contributed by atoms with Gasteiger partial charge in [-0.25, -0.2) is 4.98 Å². The van der Waals surface area contributed by atoms with E-state index in [1.165, 1.54) is 11.3 Å². The normalized spacial score (nSPS) is 11.2. The van der Waals surface area contributed by atoms with Gasteiger partial charge in [-0.05, 0) is 30.3 Å². The molecule has 1 aromatic heterocycles. The first-order chi connectivity index (χ1) is 11.5. The van der Waals surface area contributed by atoms with E-state index in [1.807, 2.05) is 11.4 Å². The standard InChI is InChI=1S/C16H9Cl4N3S/c17-10-2-1-9(13(19)5-10)7-21-23-16-22-15(8-24-16)12-4-3-11(18)6-14(12)20/h1-8H,(H,22,23)/b21-7-. The molecule has 0 spiro atoms. The maximum atomic E-state index is 6.19. The van der Waals surface area contributed by atoms with Crippen LogP contribution in [0.15, 0.2) is 46.9 Å². The Bertz CT molecular complexity index is 908. The molecule has 24 heavy (non-hydrogen) atoms. The van der Waals surface area contributed by atoms with E-state index >= 15 is 0 Å². The summed E-state index contributed by atoms with van der Waals surface area (Å²) in [5.41, 5.74) is 5.20. The van der Waals surface area contributed by atoms with Gasteiger partial charge in [-0.1, -0.05) is 52.5 Å². The van der Waals surface area contributed by atoms with E-state index < -0.39 is 0 Å². The summed E-state index contributed by atoms with van der Waals surface area (Å²) in [5, 5.41) is 8.91. The Morgan fingerprint density at radius 1 is 0.958 bits per heavy atom. The van der Waals surface area contributed by atoms with E-state index in [1.54, 1.807) is 36.5 Å². The molecule has 0 bridgehead atoms. The first-order valence-corrected chi connectivity index (χ1v) is 9.07. The first-order valence-electron chi connectivity index (χ1n) is 6.68. The SMILES string of the molecule is Clc1ccc(/C=N\Nc2nc(-c3ccc(Cl)cc3Cl)cs2)c(Cl)c1. The predicted molar refractivity (Wildman–Crippen MR) is 105 cm³/mol. The molecule has 1 N–H and O–H groups in total. The van der Waals surface area contributed by atoms with Crippen LogP contribution in [0, 0.1) is 0 Å². The topological polar surface area (TPSA) is 37.3 Å². The number of thiazole rings is 1. The highest BCUT2D eigenvalue weighted by molar-refractivity contribution is 7.14. The van der Waals surface area contributed by atoms with Crippen LogP contribution in [0.25, 0.3) is 11.3 Å². The summed E-state index contributed by atoms with van der Waals surface area (Å²) in [4.78, 5) is 4.45. The van der Waals surface area contributed by atoms with Crippen LogP contribution in [-0.4, -0.2) is 11.2 Å². The molecule has 0 aliphatic carbocycles. The van der Waals surface area contributed by atoms with Crippen molar-refractivity contribution < 1.29 is 0 Å². The highest BCUT2D eigenvalue weighted by Crippen LogP contribution is 2.32. The van der Waals surface area contributed by atoms with Gasteiger partial charge in [0.15, 0.2) is 0 Å². The quantitative estimate of drug-likeness (QED) is 0.372. The molecule has 1 heterocycles. The molecule has 8 heteroatoms. The Morgan fingerprint density at radius 2 is 1.67 bits per heavy atom. The molecular formula is C16H9Cl4N3S. The largest absolute Gasteiger partial charge is 0.253 e. The molecule has 0 aliphatic rings. The minimum absolute atomic E-state index is 0.529. The molecule has 3 aromatic rings. The molecule has 2 aromatic carbocycles. The van der Waals surface area contributed by atoms with Crippen molar-refractivity contribution in [3.63, 3.8) is 0 Å². The molecule has 0 radical (unpaired) electrons. The average molecular weight is 417 g/mol. The lowest BCUT2D eigenvalue weighted by Gasteiger charge is -2.01. The molecule has 0 unspecified atom stereocenters. The number of anilines is 1. The molecule has 0 fully saturated rings. The minimum atomic E-state index is 0.529. The van der Waals surface area contributed by atoms with Gasteiger partial charge in [-0.3, -0.25) is 5.43 Å². The third-order valence-electron chi connectivity index (χ3n) is 3.04. The summed E-state index contributed by atoms with van der Waals surface area (Å²) < 4.78 is 0. The van der Waals surface area contributed by atoms with Gasteiger partial charge in [0.05, 0.1) is 22.0 Å². The Morgan fingerprint density at radius 3 is 2.38 bits per heavy atom. The number of halogens is 4. The molecule has 0 amide bonds. The third-order valence-corrected chi connectivity index (χ3v) is 4.89. The number of aromatic nitrogens is 1. The second-order valence-electron chi connectivity index (χ2n) is 4.70. The second kappa shape index (κ2) is 7.72. The maximum absolute atomic E-state index is 6.19. The van der Waals surface area contributed by atoms with Crippen LogP contribution in [0.1, 0.15) is 5.56 Å². The van der Waals surface area contributed by atoms with Crippen LogP contribution in [0.5, 0.6) is 0 Å². The van der Waals surface area contributed by atoms with E-state index in [9.17, 15) is 0 Å². The van der Waals surface area contributed by atoms with Gasteiger partial charge in [0.1, 0.15) is 0 Å². The highest BCUT2D eigenvalue weighted by Gasteiger charge is 2.08. The summed E-state index contributed by atoms with van der Waals surface area (Å²) in [6.45, 7) is 0. The van der Waals surface area contributed by atoms with Crippen molar-refractivity contribution in [2.45, 2.75) is 0 Å². The van der Waals surface area contributed by atoms with Crippen LogP contribution in [0.4, 0.5) is 5.13 Å². The lowest BCUT2D eigenvalue weighted by atomic mass is 10.2. The maximum Gasteiger partial charge on any atom is 0.203 e. The van der Waals surface area contributed by atoms with Gasteiger partial charge in [-0.15, -0.1) is 11.3 Å². The van der Waals surface area contributed by atoms with Crippen molar-refractivity contribution in [3.05, 3.63) is 67.4 Å². The minimum Gasteiger partial charge on any atom is -0.253 e. The molecule has 0 saturated carbocycles. The summed E-state index contributed by atoms with van der Waals surface area (Å²) in [6.07, 6.45) is 1.61. The van der Waals surface area contributed by atoms with Crippen molar-refractivity contribution in [1.82, 2.24) is 4.98 Å². The number of hydrogen-bond acceptors (Lipinski definition) is 4. The molecule has 3 rings (SSSR count). The number of rotatable bonds is 4. The number of benzene rings is 2. The predicted octanol–water partition coefficient (Wildman–Crippen LogP) is 6.87. The lowest BCUT2D eigenvalue weighted by Crippen LogP contribution is -1.91. The van der Waals surface area contributed by atoms with E-state index in [2.05, 4.69) is 15.5 Å². The number of nitrogens with one attached hydrogen (secondary N) is 1. The molecule has 0 aliphatic heterocycles. The fourth-order valence-corrected chi connectivity index (χ4v) is 3.53. The van der Waals surface area contributed by atoms with Crippen LogP contribution < -0.4 is 5.43 Å². The van der Waals surface area contributed by atoms with Crippen molar-refractivity contribution >= 4 is 69.1 Å². The Labute approximate surface area is 162 Å². The van der Waals surface area contributed by atoms with Gasteiger partial charge in [0, 0.05) is 26.6 Å². The second-order valence-corrected chi connectivity index (χ2v) is 7.24. The van der Waals surface area contributed by atoms with Gasteiger partial charge in [0.25, 0.3) is 0 Å². The van der Waals surface area contributed by atoms with Crippen LogP contribution in [-0.2, 0) is 0 Å². The lowest BCUT2D eigenvalue weighted by molar-refractivity contribution is 1.29. The van der Waals surface area contributed by atoms with Crippen molar-refractivity contribution in [1.29, 1.82) is 0 Å². The van der Waals surface area contributed by atoms with Crippen molar-refractivity contribution in [3.8, 4) is 11.3 Å². The monoisotopic (exact) mass is 415 g/mol. The summed E-state index contributed by atoms with van der Waals surface area (Å²) in [5.74, 6) is 0.